The predicted octanol–water partition coefficient (Wildman–Crippen LogP) is 4.31. The fraction of sp³-hybridized carbons (Fsp3) is 0.316. The molecule has 0 saturated carbocycles. The van der Waals surface area contributed by atoms with Gasteiger partial charge in [-0.25, -0.2) is 0 Å². The first kappa shape index (κ1) is 17.8. The molecule has 132 valence electrons. The molecule has 0 aliphatic carbocycles. The molecule has 1 aliphatic heterocycles. The first-order valence-corrected chi connectivity index (χ1v) is 9.07. The van der Waals surface area contributed by atoms with Crippen LogP contribution in [0.1, 0.15) is 41.8 Å². The number of carbonyl (C=O) groups is 1. The highest BCUT2D eigenvalue weighted by molar-refractivity contribution is 9.10. The van der Waals surface area contributed by atoms with Gasteiger partial charge in [-0.2, -0.15) is 0 Å². The van der Waals surface area contributed by atoms with E-state index < -0.39 is 6.10 Å². The number of halogens is 1. The maximum absolute atomic E-state index is 12.6. The molecule has 0 saturated heterocycles. The Kier molecular flexibility index (Phi) is 5.60. The smallest absolute Gasteiger partial charge is 0.256 e. The quantitative estimate of drug-likeness (QED) is 0.777. The highest BCUT2D eigenvalue weighted by Crippen LogP contribution is 2.39. The van der Waals surface area contributed by atoms with Gasteiger partial charge in [0.15, 0.2) is 11.5 Å². The molecule has 2 aromatic rings. The number of hydrogen-bond acceptors (Lipinski definition) is 4. The van der Waals surface area contributed by atoms with E-state index >= 15 is 0 Å². The molecule has 0 spiro atoms. The lowest BCUT2D eigenvalue weighted by atomic mass is 10.0. The SMILES string of the molecule is CCC[C@H](O)c1cc2c(cc1NC(=O)c1ccccc1Br)OCCO2. The van der Waals surface area contributed by atoms with Gasteiger partial charge in [0, 0.05) is 16.1 Å². The predicted molar refractivity (Wildman–Crippen MR) is 99.4 cm³/mol. The van der Waals surface area contributed by atoms with Crippen LogP contribution in [0.4, 0.5) is 5.69 Å². The minimum absolute atomic E-state index is 0.255. The Balaban J connectivity index is 1.95. The van der Waals surface area contributed by atoms with Crippen molar-refractivity contribution in [2.24, 2.45) is 0 Å². The minimum atomic E-state index is -0.685. The first-order valence-electron chi connectivity index (χ1n) is 8.27. The van der Waals surface area contributed by atoms with E-state index in [1.165, 1.54) is 0 Å². The Morgan fingerprint density at radius 1 is 1.24 bits per heavy atom. The third-order valence-electron chi connectivity index (χ3n) is 4.00. The maximum atomic E-state index is 12.6. The molecular weight excluding hydrogens is 386 g/mol. The number of hydrogen-bond donors (Lipinski definition) is 2. The monoisotopic (exact) mass is 405 g/mol. The average molecular weight is 406 g/mol. The molecular formula is C19H20BrNO4. The molecule has 1 aliphatic rings. The van der Waals surface area contributed by atoms with Gasteiger partial charge in [-0.05, 0) is 40.5 Å². The van der Waals surface area contributed by atoms with Crippen LogP contribution >= 0.6 is 15.9 Å². The normalized spacial score (nSPS) is 14.0. The summed E-state index contributed by atoms with van der Waals surface area (Å²) < 4.78 is 11.9. The number of aliphatic hydroxyl groups excluding tert-OH is 1. The van der Waals surface area contributed by atoms with Gasteiger partial charge in [-0.1, -0.05) is 25.5 Å². The summed E-state index contributed by atoms with van der Waals surface area (Å²) in [6.45, 7) is 2.93. The number of amides is 1. The fourth-order valence-corrected chi connectivity index (χ4v) is 3.22. The summed E-state index contributed by atoms with van der Waals surface area (Å²) in [5.41, 5.74) is 1.69. The third-order valence-corrected chi connectivity index (χ3v) is 4.69. The molecule has 25 heavy (non-hydrogen) atoms. The van der Waals surface area contributed by atoms with Gasteiger partial charge in [0.05, 0.1) is 17.4 Å². The summed E-state index contributed by atoms with van der Waals surface area (Å²) in [5.74, 6) is 0.908. The van der Waals surface area contributed by atoms with E-state index in [2.05, 4.69) is 21.2 Å². The lowest BCUT2D eigenvalue weighted by molar-refractivity contribution is 0.102. The Bertz CT molecular complexity index is 778. The van der Waals surface area contributed by atoms with E-state index in [-0.39, 0.29) is 5.91 Å². The van der Waals surface area contributed by atoms with Gasteiger partial charge in [0.1, 0.15) is 13.2 Å². The van der Waals surface area contributed by atoms with Crippen molar-refractivity contribution in [3.8, 4) is 11.5 Å². The summed E-state index contributed by atoms with van der Waals surface area (Å²) in [6.07, 6.45) is 0.737. The summed E-state index contributed by atoms with van der Waals surface area (Å²) in [7, 11) is 0. The number of benzene rings is 2. The van der Waals surface area contributed by atoms with Crippen LogP contribution in [0.3, 0.4) is 0 Å². The molecule has 5 nitrogen and oxygen atoms in total. The van der Waals surface area contributed by atoms with Gasteiger partial charge in [-0.15, -0.1) is 0 Å². The van der Waals surface area contributed by atoms with E-state index in [1.54, 1.807) is 24.3 Å². The van der Waals surface area contributed by atoms with Crippen LogP contribution < -0.4 is 14.8 Å². The number of aliphatic hydroxyl groups is 1. The van der Waals surface area contributed by atoms with E-state index in [0.717, 1.165) is 6.42 Å². The Morgan fingerprint density at radius 2 is 1.92 bits per heavy atom. The molecule has 0 unspecified atom stereocenters. The van der Waals surface area contributed by atoms with Crippen LogP contribution in [0.5, 0.6) is 11.5 Å². The number of ether oxygens (including phenoxy) is 2. The van der Waals surface area contributed by atoms with E-state index in [9.17, 15) is 9.90 Å². The van der Waals surface area contributed by atoms with Crippen molar-refractivity contribution < 1.29 is 19.4 Å². The zero-order valence-corrected chi connectivity index (χ0v) is 15.5. The van der Waals surface area contributed by atoms with Crippen molar-refractivity contribution in [1.29, 1.82) is 0 Å². The van der Waals surface area contributed by atoms with Crippen LogP contribution in [0.2, 0.25) is 0 Å². The summed E-state index contributed by atoms with van der Waals surface area (Å²) in [4.78, 5) is 12.6. The molecule has 0 fully saturated rings. The second kappa shape index (κ2) is 7.89. The molecule has 6 heteroatoms. The maximum Gasteiger partial charge on any atom is 0.256 e. The Hall–Kier alpha value is -2.05. The second-order valence-corrected chi connectivity index (χ2v) is 6.68. The van der Waals surface area contributed by atoms with Crippen molar-refractivity contribution >= 4 is 27.5 Å². The lowest BCUT2D eigenvalue weighted by Crippen LogP contribution is -2.18. The third kappa shape index (κ3) is 3.96. The summed E-state index contributed by atoms with van der Waals surface area (Å²) >= 11 is 3.39. The average Bonchev–Trinajstić information content (AvgIpc) is 2.61. The number of anilines is 1. The Labute approximate surface area is 155 Å². The van der Waals surface area contributed by atoms with Gasteiger partial charge in [0.2, 0.25) is 0 Å². The summed E-state index contributed by atoms with van der Waals surface area (Å²) in [6, 6.07) is 10.7. The Morgan fingerprint density at radius 3 is 2.60 bits per heavy atom. The fourth-order valence-electron chi connectivity index (χ4n) is 2.75. The van der Waals surface area contributed by atoms with Crippen LogP contribution in [-0.2, 0) is 0 Å². The molecule has 0 bridgehead atoms. The van der Waals surface area contributed by atoms with E-state index in [1.807, 2.05) is 19.1 Å². The molecule has 1 heterocycles. The van der Waals surface area contributed by atoms with Gasteiger partial charge in [0.25, 0.3) is 5.91 Å². The van der Waals surface area contributed by atoms with Crippen LogP contribution in [-0.4, -0.2) is 24.2 Å². The summed E-state index contributed by atoms with van der Waals surface area (Å²) in [5, 5.41) is 13.4. The number of nitrogens with one attached hydrogen (secondary N) is 1. The largest absolute Gasteiger partial charge is 0.486 e. The number of rotatable bonds is 5. The number of carbonyl (C=O) groups excluding carboxylic acids is 1. The minimum Gasteiger partial charge on any atom is -0.486 e. The topological polar surface area (TPSA) is 67.8 Å². The zero-order chi connectivity index (χ0) is 17.8. The molecule has 3 rings (SSSR count). The molecule has 1 atom stereocenters. The van der Waals surface area contributed by atoms with Gasteiger partial charge >= 0.3 is 0 Å². The zero-order valence-electron chi connectivity index (χ0n) is 13.9. The lowest BCUT2D eigenvalue weighted by Gasteiger charge is -2.23. The van der Waals surface area contributed by atoms with Crippen LogP contribution in [0.15, 0.2) is 40.9 Å². The van der Waals surface area contributed by atoms with E-state index in [4.69, 9.17) is 9.47 Å². The highest BCUT2D eigenvalue weighted by atomic mass is 79.9. The highest BCUT2D eigenvalue weighted by Gasteiger charge is 2.21. The van der Waals surface area contributed by atoms with Gasteiger partial charge < -0.3 is 19.9 Å². The molecule has 0 aromatic heterocycles. The van der Waals surface area contributed by atoms with Crippen molar-refractivity contribution in [2.45, 2.75) is 25.9 Å². The molecule has 2 aromatic carbocycles. The van der Waals surface area contributed by atoms with Crippen molar-refractivity contribution in [2.75, 3.05) is 18.5 Å². The van der Waals surface area contributed by atoms with Crippen molar-refractivity contribution in [3.05, 3.63) is 52.0 Å². The first-order chi connectivity index (χ1) is 12.1. The molecule has 1 amide bonds. The van der Waals surface area contributed by atoms with Crippen LogP contribution in [0, 0.1) is 0 Å². The van der Waals surface area contributed by atoms with E-state index in [0.29, 0.717) is 52.4 Å². The standard InChI is InChI=1S/C19H20BrNO4/c1-2-5-16(22)13-10-17-18(25-9-8-24-17)11-15(13)21-19(23)12-6-3-4-7-14(12)20/h3-4,6-7,10-11,16,22H,2,5,8-9H2,1H3,(H,21,23)/t16-/m0/s1. The molecule has 0 radical (unpaired) electrons. The second-order valence-electron chi connectivity index (χ2n) is 5.82. The van der Waals surface area contributed by atoms with Gasteiger partial charge in [-0.3, -0.25) is 4.79 Å². The van der Waals surface area contributed by atoms with Crippen molar-refractivity contribution in [3.63, 3.8) is 0 Å². The van der Waals surface area contributed by atoms with Crippen LogP contribution in [0.25, 0.3) is 0 Å². The van der Waals surface area contributed by atoms with Crippen molar-refractivity contribution in [1.82, 2.24) is 0 Å². The molecule has 2 N–H and O–H groups in total. The number of fused-ring (bicyclic) bond motifs is 1.